The zero-order valence-corrected chi connectivity index (χ0v) is 12.2. The minimum atomic E-state index is -1.64. The van der Waals surface area contributed by atoms with Crippen molar-refractivity contribution in [1.82, 2.24) is 20.2 Å². The Kier molecular flexibility index (Phi) is 3.05. The molecule has 1 atom stereocenters. The first-order valence-electron chi connectivity index (χ1n) is 6.44. The number of nitrogens with zero attached hydrogens (tertiary/aromatic N) is 4. The van der Waals surface area contributed by atoms with Crippen molar-refractivity contribution in [2.24, 2.45) is 0 Å². The molecule has 1 N–H and O–H groups in total. The number of rotatable bonds is 2. The lowest BCUT2D eigenvalue weighted by atomic mass is 10.1. The number of hydrogen-bond donors (Lipinski definition) is 1. The summed E-state index contributed by atoms with van der Waals surface area (Å²) < 4.78 is 11.7. The number of esters is 1. The fourth-order valence-electron chi connectivity index (χ4n) is 2.29. The van der Waals surface area contributed by atoms with Crippen molar-refractivity contribution in [3.05, 3.63) is 24.0 Å². The van der Waals surface area contributed by atoms with Crippen LogP contribution in [0.2, 0.25) is 0 Å². The van der Waals surface area contributed by atoms with Crippen LogP contribution in [0.15, 0.2) is 18.2 Å². The lowest BCUT2D eigenvalue weighted by Crippen LogP contribution is -2.42. The third kappa shape index (κ3) is 1.98. The van der Waals surface area contributed by atoms with E-state index in [9.17, 15) is 9.59 Å². The topological polar surface area (TPSA) is 108 Å². The first-order valence-corrected chi connectivity index (χ1v) is 6.44. The average molecular weight is 303 g/mol. The van der Waals surface area contributed by atoms with Crippen LogP contribution in [0.3, 0.4) is 0 Å². The van der Waals surface area contributed by atoms with E-state index in [0.717, 1.165) is 0 Å². The van der Waals surface area contributed by atoms with Gasteiger partial charge in [-0.25, -0.2) is 0 Å². The van der Waals surface area contributed by atoms with Crippen LogP contribution in [-0.4, -0.2) is 39.2 Å². The van der Waals surface area contributed by atoms with Crippen LogP contribution in [0, 0.1) is 0 Å². The zero-order chi connectivity index (χ0) is 15.9. The Morgan fingerprint density at radius 3 is 2.86 bits per heavy atom. The number of amides is 1. The monoisotopic (exact) mass is 303 g/mol. The van der Waals surface area contributed by atoms with Gasteiger partial charge < -0.3 is 14.8 Å². The minimum absolute atomic E-state index is 0.104. The van der Waals surface area contributed by atoms with Crippen LogP contribution in [0.25, 0.3) is 5.69 Å². The van der Waals surface area contributed by atoms with Crippen molar-refractivity contribution >= 4 is 17.6 Å². The van der Waals surface area contributed by atoms with Crippen molar-refractivity contribution in [2.45, 2.75) is 19.4 Å². The number of nitrogens with one attached hydrogen (secondary N) is 1. The molecule has 0 aliphatic carbocycles. The quantitative estimate of drug-likeness (QED) is 0.800. The minimum Gasteiger partial charge on any atom is -0.497 e. The van der Waals surface area contributed by atoms with Crippen molar-refractivity contribution in [1.29, 1.82) is 0 Å². The Labute approximate surface area is 125 Å². The number of benzene rings is 1. The summed E-state index contributed by atoms with van der Waals surface area (Å²) in [6, 6.07) is 5.03. The summed E-state index contributed by atoms with van der Waals surface area (Å²) in [4.78, 5) is 23.9. The molecule has 0 bridgehead atoms. The average Bonchev–Trinajstić information content (AvgIpc) is 2.93. The highest BCUT2D eigenvalue weighted by atomic mass is 16.6. The number of ether oxygens (including phenoxy) is 2. The maximum Gasteiger partial charge on any atom is 0.304 e. The number of methoxy groups -OCH3 is 1. The van der Waals surface area contributed by atoms with Crippen LogP contribution in [0.1, 0.15) is 19.7 Å². The van der Waals surface area contributed by atoms with Crippen molar-refractivity contribution in [2.75, 3.05) is 12.4 Å². The van der Waals surface area contributed by atoms with Gasteiger partial charge in [0.1, 0.15) is 5.75 Å². The number of carbonyl (C=O) groups is 2. The van der Waals surface area contributed by atoms with Crippen LogP contribution >= 0.6 is 0 Å². The maximum atomic E-state index is 12.5. The van der Waals surface area contributed by atoms with Gasteiger partial charge in [0.25, 0.3) is 5.91 Å². The molecular weight excluding hydrogens is 290 g/mol. The molecule has 1 aliphatic rings. The second kappa shape index (κ2) is 4.79. The third-order valence-electron chi connectivity index (χ3n) is 3.36. The molecule has 1 aromatic heterocycles. The molecule has 0 spiro atoms. The van der Waals surface area contributed by atoms with Gasteiger partial charge in [-0.1, -0.05) is 0 Å². The first kappa shape index (κ1) is 14.0. The fourth-order valence-corrected chi connectivity index (χ4v) is 2.29. The summed E-state index contributed by atoms with van der Waals surface area (Å²) in [6.07, 6.45) is 0. The van der Waals surface area contributed by atoms with E-state index in [1.807, 2.05) is 0 Å². The number of fused-ring (bicyclic) bond motifs is 3. The second-order valence-corrected chi connectivity index (χ2v) is 4.88. The lowest BCUT2D eigenvalue weighted by Gasteiger charge is -2.23. The zero-order valence-electron chi connectivity index (χ0n) is 12.2. The molecule has 1 amide bonds. The molecule has 22 heavy (non-hydrogen) atoms. The van der Waals surface area contributed by atoms with E-state index < -0.39 is 17.5 Å². The van der Waals surface area contributed by atoms with Gasteiger partial charge in [0, 0.05) is 13.0 Å². The highest BCUT2D eigenvalue weighted by molar-refractivity contribution is 6.01. The van der Waals surface area contributed by atoms with Gasteiger partial charge in [0.05, 0.1) is 18.5 Å². The molecule has 114 valence electrons. The lowest BCUT2D eigenvalue weighted by molar-refractivity contribution is -0.164. The fraction of sp³-hybridized carbons (Fsp3) is 0.308. The molecule has 0 radical (unpaired) electrons. The molecule has 2 aromatic rings. The molecule has 0 saturated heterocycles. The highest BCUT2D eigenvalue weighted by Gasteiger charge is 2.46. The van der Waals surface area contributed by atoms with E-state index in [0.29, 0.717) is 17.1 Å². The Balaban J connectivity index is 2.24. The summed E-state index contributed by atoms with van der Waals surface area (Å²) >= 11 is 0. The Morgan fingerprint density at radius 2 is 2.18 bits per heavy atom. The highest BCUT2D eigenvalue weighted by Crippen LogP contribution is 2.35. The Bertz CT molecular complexity index is 772. The molecule has 9 heteroatoms. The summed E-state index contributed by atoms with van der Waals surface area (Å²) in [6.45, 7) is 2.66. The van der Waals surface area contributed by atoms with Gasteiger partial charge in [-0.05, 0) is 29.5 Å². The summed E-state index contributed by atoms with van der Waals surface area (Å²) in [7, 11) is 1.53. The Hall–Kier alpha value is -2.97. The normalized spacial score (nSPS) is 19.5. The van der Waals surface area contributed by atoms with Crippen LogP contribution in [0.5, 0.6) is 5.75 Å². The van der Waals surface area contributed by atoms with E-state index in [2.05, 4.69) is 20.8 Å². The summed E-state index contributed by atoms with van der Waals surface area (Å²) in [5.74, 6) is -0.476. The molecular formula is C13H13N5O4. The summed E-state index contributed by atoms with van der Waals surface area (Å²) in [5, 5.41) is 14.0. The number of hydrogen-bond acceptors (Lipinski definition) is 7. The molecule has 9 nitrogen and oxygen atoms in total. The maximum absolute atomic E-state index is 12.5. The smallest absolute Gasteiger partial charge is 0.304 e. The third-order valence-corrected chi connectivity index (χ3v) is 3.36. The molecule has 1 aliphatic heterocycles. The molecule has 1 unspecified atom stereocenters. The molecule has 3 rings (SSSR count). The van der Waals surface area contributed by atoms with Crippen LogP contribution < -0.4 is 10.1 Å². The summed E-state index contributed by atoms with van der Waals surface area (Å²) in [5.41, 5.74) is -0.638. The number of anilines is 1. The predicted octanol–water partition coefficient (Wildman–Crippen LogP) is 0.401. The Morgan fingerprint density at radius 1 is 1.41 bits per heavy atom. The predicted molar refractivity (Wildman–Crippen MR) is 73.5 cm³/mol. The largest absolute Gasteiger partial charge is 0.497 e. The van der Waals surface area contributed by atoms with Gasteiger partial charge >= 0.3 is 5.97 Å². The number of carbonyl (C=O) groups excluding carboxylic acids is 2. The van der Waals surface area contributed by atoms with Gasteiger partial charge in [-0.15, -0.1) is 5.10 Å². The van der Waals surface area contributed by atoms with Gasteiger partial charge in [-0.2, -0.15) is 4.68 Å². The molecule has 1 aromatic carbocycles. The SMILES string of the molecule is COc1ccc2c(c1)-n1nnnc1C(C)(OC(C)=O)C(=O)N2. The van der Waals surface area contributed by atoms with E-state index in [1.54, 1.807) is 18.2 Å². The number of aromatic nitrogens is 4. The van der Waals surface area contributed by atoms with E-state index >= 15 is 0 Å². The number of tetrazole rings is 1. The standard InChI is InChI=1S/C13H13N5O4/c1-7(19)22-13(2)11-15-16-17-18(11)10-6-8(21-3)4-5-9(10)14-12(13)20/h4-6H,1-3H3,(H,14,20). The van der Waals surface area contributed by atoms with Crippen LogP contribution in [0.4, 0.5) is 5.69 Å². The molecule has 2 heterocycles. The van der Waals surface area contributed by atoms with Crippen molar-refractivity contribution < 1.29 is 19.1 Å². The first-order chi connectivity index (χ1) is 10.5. The van der Waals surface area contributed by atoms with Crippen molar-refractivity contribution in [3.63, 3.8) is 0 Å². The van der Waals surface area contributed by atoms with Gasteiger partial charge in [0.2, 0.25) is 11.4 Å². The van der Waals surface area contributed by atoms with Gasteiger partial charge in [-0.3, -0.25) is 9.59 Å². The molecule has 0 saturated carbocycles. The van der Waals surface area contributed by atoms with Crippen LogP contribution in [-0.2, 0) is 19.9 Å². The second-order valence-electron chi connectivity index (χ2n) is 4.88. The van der Waals surface area contributed by atoms with E-state index in [4.69, 9.17) is 9.47 Å². The van der Waals surface area contributed by atoms with Crippen molar-refractivity contribution in [3.8, 4) is 11.4 Å². The molecule has 0 fully saturated rings. The van der Waals surface area contributed by atoms with E-state index in [1.165, 1.54) is 25.6 Å². The van der Waals surface area contributed by atoms with Gasteiger partial charge in [0.15, 0.2) is 0 Å². The van der Waals surface area contributed by atoms with E-state index in [-0.39, 0.29) is 5.82 Å².